The third kappa shape index (κ3) is 1.35. The van der Waals surface area contributed by atoms with Crippen LogP contribution in [0, 0.1) is 0 Å². The lowest BCUT2D eigenvalue weighted by Gasteiger charge is -2.24. The normalized spacial score (nSPS) is 35.3. The molecule has 3 heteroatoms. The molecule has 90 valence electrons. The molecule has 2 saturated heterocycles. The molecule has 0 aromatic carbocycles. The molecule has 2 fully saturated rings. The predicted molar refractivity (Wildman–Crippen MR) is 63.2 cm³/mol. The van der Waals surface area contributed by atoms with Gasteiger partial charge in [0.2, 0.25) is 0 Å². The van der Waals surface area contributed by atoms with E-state index in [0.717, 1.165) is 31.2 Å². The van der Waals surface area contributed by atoms with E-state index in [1.807, 2.05) is 6.07 Å². The maximum atomic E-state index is 11.8. The zero-order valence-electron chi connectivity index (χ0n) is 9.89. The van der Waals surface area contributed by atoms with Crippen LogP contribution in [0.3, 0.4) is 0 Å². The van der Waals surface area contributed by atoms with Gasteiger partial charge < -0.3 is 9.30 Å². The first-order chi connectivity index (χ1) is 8.33. The molecule has 0 saturated carbocycles. The highest BCUT2D eigenvalue weighted by molar-refractivity contribution is 5.98. The van der Waals surface area contributed by atoms with Crippen molar-refractivity contribution in [2.75, 3.05) is 0 Å². The van der Waals surface area contributed by atoms with Gasteiger partial charge in [0.15, 0.2) is 5.78 Å². The molecule has 3 unspecified atom stereocenters. The monoisotopic (exact) mass is 231 g/mol. The first-order valence-electron chi connectivity index (χ1n) is 6.71. The highest BCUT2D eigenvalue weighted by Gasteiger charge is 2.42. The molecule has 2 aliphatic heterocycles. The summed E-state index contributed by atoms with van der Waals surface area (Å²) < 4.78 is 8.26. The van der Waals surface area contributed by atoms with E-state index < -0.39 is 0 Å². The Hall–Kier alpha value is -1.09. The summed E-state index contributed by atoms with van der Waals surface area (Å²) in [6.07, 6.45) is 9.34. The molecule has 0 spiro atoms. The van der Waals surface area contributed by atoms with E-state index >= 15 is 0 Å². The largest absolute Gasteiger partial charge is 0.373 e. The van der Waals surface area contributed by atoms with E-state index in [4.69, 9.17) is 4.74 Å². The minimum Gasteiger partial charge on any atom is -0.373 e. The van der Waals surface area contributed by atoms with Gasteiger partial charge in [0, 0.05) is 23.9 Å². The van der Waals surface area contributed by atoms with Gasteiger partial charge in [-0.15, -0.1) is 0 Å². The summed E-state index contributed by atoms with van der Waals surface area (Å²) in [5.74, 6) is 0.328. The molecular weight excluding hydrogens is 214 g/mol. The topological polar surface area (TPSA) is 31.2 Å². The van der Waals surface area contributed by atoms with Crippen molar-refractivity contribution in [1.29, 1.82) is 0 Å². The molecule has 0 N–H and O–H groups in total. The standard InChI is InChI=1S/C14H17NO2/c16-13-3-1-2-11-10(13)6-7-15(11)12-8-9-4-5-14(12)17-9/h6-7,9,12,14H,1-5,8H2. The molecule has 3 heterocycles. The van der Waals surface area contributed by atoms with Gasteiger partial charge in [-0.1, -0.05) is 0 Å². The Kier molecular flexibility index (Phi) is 2.01. The number of nitrogens with zero attached hydrogens (tertiary/aromatic N) is 1. The van der Waals surface area contributed by atoms with E-state index in [1.54, 1.807) is 0 Å². The highest BCUT2D eigenvalue weighted by atomic mass is 16.5. The zero-order chi connectivity index (χ0) is 11.4. The number of carbonyl (C=O) groups is 1. The quantitative estimate of drug-likeness (QED) is 0.743. The van der Waals surface area contributed by atoms with Crippen LogP contribution in [0.1, 0.15) is 54.2 Å². The fourth-order valence-electron chi connectivity index (χ4n) is 3.76. The Bertz CT molecular complexity index is 477. The number of carbonyl (C=O) groups excluding carboxylic acids is 1. The number of hydrogen-bond acceptors (Lipinski definition) is 2. The SMILES string of the molecule is O=C1CCCc2c1ccn2C1CC2CCC1O2. The predicted octanol–water partition coefficient (Wildman–Crippen LogP) is 2.50. The molecule has 4 rings (SSSR count). The number of fused-ring (bicyclic) bond motifs is 3. The zero-order valence-corrected chi connectivity index (χ0v) is 9.89. The van der Waals surface area contributed by atoms with Gasteiger partial charge in [0.25, 0.3) is 0 Å². The van der Waals surface area contributed by atoms with Crippen LogP contribution in [-0.2, 0) is 11.2 Å². The lowest BCUT2D eigenvalue weighted by atomic mass is 9.93. The van der Waals surface area contributed by atoms with Crippen LogP contribution in [0.2, 0.25) is 0 Å². The van der Waals surface area contributed by atoms with Gasteiger partial charge in [-0.3, -0.25) is 4.79 Å². The maximum absolute atomic E-state index is 11.8. The lowest BCUT2D eigenvalue weighted by molar-refractivity contribution is 0.0925. The second kappa shape index (κ2) is 3.45. The van der Waals surface area contributed by atoms with Crippen LogP contribution in [0.15, 0.2) is 12.3 Å². The number of ether oxygens (including phenoxy) is 1. The van der Waals surface area contributed by atoms with Crippen molar-refractivity contribution in [3.05, 3.63) is 23.5 Å². The Morgan fingerprint density at radius 1 is 1.29 bits per heavy atom. The number of hydrogen-bond donors (Lipinski definition) is 0. The number of rotatable bonds is 1. The number of ketones is 1. The Balaban J connectivity index is 1.73. The van der Waals surface area contributed by atoms with Gasteiger partial charge in [0.05, 0.1) is 18.2 Å². The van der Waals surface area contributed by atoms with E-state index in [1.165, 1.54) is 18.5 Å². The van der Waals surface area contributed by atoms with Gasteiger partial charge in [-0.05, 0) is 38.2 Å². The van der Waals surface area contributed by atoms with Crippen molar-refractivity contribution < 1.29 is 9.53 Å². The van der Waals surface area contributed by atoms with E-state index in [9.17, 15) is 4.79 Å². The molecule has 17 heavy (non-hydrogen) atoms. The van der Waals surface area contributed by atoms with Crippen molar-refractivity contribution in [3.8, 4) is 0 Å². The van der Waals surface area contributed by atoms with Crippen LogP contribution in [0.5, 0.6) is 0 Å². The molecule has 1 aromatic rings. The summed E-state index contributed by atoms with van der Waals surface area (Å²) in [5, 5.41) is 0. The Labute approximate surface area is 101 Å². The van der Waals surface area contributed by atoms with Crippen LogP contribution >= 0.6 is 0 Å². The summed E-state index contributed by atoms with van der Waals surface area (Å²) in [6, 6.07) is 2.51. The summed E-state index contributed by atoms with van der Waals surface area (Å²) >= 11 is 0. The van der Waals surface area contributed by atoms with Crippen molar-refractivity contribution >= 4 is 5.78 Å². The molecule has 1 aliphatic carbocycles. The molecule has 3 aliphatic rings. The third-order valence-electron chi connectivity index (χ3n) is 4.57. The summed E-state index contributed by atoms with van der Waals surface area (Å²) in [5.41, 5.74) is 2.24. The smallest absolute Gasteiger partial charge is 0.164 e. The van der Waals surface area contributed by atoms with Crippen molar-refractivity contribution in [2.24, 2.45) is 0 Å². The van der Waals surface area contributed by atoms with Crippen LogP contribution in [0.25, 0.3) is 0 Å². The third-order valence-corrected chi connectivity index (χ3v) is 4.57. The fraction of sp³-hybridized carbons (Fsp3) is 0.643. The van der Waals surface area contributed by atoms with Crippen LogP contribution < -0.4 is 0 Å². The first-order valence-corrected chi connectivity index (χ1v) is 6.71. The van der Waals surface area contributed by atoms with Crippen molar-refractivity contribution in [1.82, 2.24) is 4.57 Å². The summed E-state index contributed by atoms with van der Waals surface area (Å²) in [7, 11) is 0. The van der Waals surface area contributed by atoms with Gasteiger partial charge >= 0.3 is 0 Å². The van der Waals surface area contributed by atoms with Gasteiger partial charge in [-0.2, -0.15) is 0 Å². The van der Waals surface area contributed by atoms with Crippen molar-refractivity contribution in [3.63, 3.8) is 0 Å². The average Bonchev–Trinajstić information content (AvgIpc) is 3.03. The average molecular weight is 231 g/mol. The van der Waals surface area contributed by atoms with E-state index in [2.05, 4.69) is 10.8 Å². The van der Waals surface area contributed by atoms with Crippen LogP contribution in [0.4, 0.5) is 0 Å². The van der Waals surface area contributed by atoms with Crippen molar-refractivity contribution in [2.45, 2.75) is 56.8 Å². The number of aromatic nitrogens is 1. The molecular formula is C14H17NO2. The minimum atomic E-state index is 0.328. The second-order valence-electron chi connectivity index (χ2n) is 5.54. The van der Waals surface area contributed by atoms with E-state index in [-0.39, 0.29) is 0 Å². The molecule has 0 radical (unpaired) electrons. The Morgan fingerprint density at radius 2 is 2.24 bits per heavy atom. The second-order valence-corrected chi connectivity index (χ2v) is 5.54. The van der Waals surface area contributed by atoms with Gasteiger partial charge in [-0.25, -0.2) is 0 Å². The van der Waals surface area contributed by atoms with Crippen LogP contribution in [-0.4, -0.2) is 22.6 Å². The minimum absolute atomic E-state index is 0.328. The molecule has 2 bridgehead atoms. The summed E-state index contributed by atoms with van der Waals surface area (Å²) in [6.45, 7) is 0. The molecule has 3 atom stereocenters. The maximum Gasteiger partial charge on any atom is 0.164 e. The highest BCUT2D eigenvalue weighted by Crippen LogP contribution is 2.43. The lowest BCUT2D eigenvalue weighted by Crippen LogP contribution is -2.23. The summed E-state index contributed by atoms with van der Waals surface area (Å²) in [4.78, 5) is 11.8. The molecule has 3 nitrogen and oxygen atoms in total. The molecule has 0 amide bonds. The number of Topliss-reactive ketones (excluding diaryl/α,β-unsaturated/α-hetero) is 1. The first kappa shape index (κ1) is 9.89. The fourth-order valence-corrected chi connectivity index (χ4v) is 3.76. The van der Waals surface area contributed by atoms with E-state index in [0.29, 0.717) is 24.0 Å². The van der Waals surface area contributed by atoms with Gasteiger partial charge in [0.1, 0.15) is 0 Å². The molecule has 1 aromatic heterocycles. The Morgan fingerprint density at radius 3 is 3.00 bits per heavy atom.